The lowest BCUT2D eigenvalue weighted by Gasteiger charge is -2.37. The van der Waals surface area contributed by atoms with Crippen molar-refractivity contribution in [1.82, 2.24) is 4.90 Å². The molecule has 0 bridgehead atoms. The van der Waals surface area contributed by atoms with E-state index in [1.807, 2.05) is 65.6 Å². The van der Waals surface area contributed by atoms with Gasteiger partial charge in [-0.1, -0.05) is 83.3 Å². The van der Waals surface area contributed by atoms with Crippen molar-refractivity contribution in [3.8, 4) is 0 Å². The fourth-order valence-electron chi connectivity index (χ4n) is 3.72. The molecule has 2 aromatic carbocycles. The molecule has 2 rings (SSSR count). The number of carbonyl (C=O) groups excluding carboxylic acids is 1. The molecule has 0 aliphatic carbocycles. The van der Waals surface area contributed by atoms with Crippen molar-refractivity contribution in [1.29, 1.82) is 0 Å². The van der Waals surface area contributed by atoms with E-state index in [4.69, 9.17) is 5.73 Å². The first kappa shape index (κ1) is 23.6. The number of rotatable bonds is 8. The molecule has 0 aliphatic heterocycles. The number of carbonyl (C=O) groups is 1. The van der Waals surface area contributed by atoms with Crippen molar-refractivity contribution >= 4 is 28.5 Å². The largest absolute Gasteiger partial charge is 0.369 e. The van der Waals surface area contributed by atoms with Gasteiger partial charge in [0.15, 0.2) is 0 Å². The van der Waals surface area contributed by atoms with E-state index in [9.17, 15) is 4.79 Å². The fourth-order valence-corrected chi connectivity index (χ4v) is 3.72. The molecule has 3 nitrogen and oxygen atoms in total. The number of amides is 1. The molecule has 2 aromatic rings. The van der Waals surface area contributed by atoms with Gasteiger partial charge in [-0.25, -0.2) is 0 Å². The number of halogens is 1. The summed E-state index contributed by atoms with van der Waals surface area (Å²) in [6, 6.07) is 20.7. The van der Waals surface area contributed by atoms with Crippen LogP contribution in [0.15, 0.2) is 60.7 Å². The molecule has 0 aromatic heterocycles. The Hall–Kier alpha value is -1.40. The average Bonchev–Trinajstić information content (AvgIpc) is 2.67. The lowest BCUT2D eigenvalue weighted by Crippen LogP contribution is -2.47. The Labute approximate surface area is 178 Å². The van der Waals surface area contributed by atoms with Crippen LogP contribution in [0, 0.1) is 0 Å². The van der Waals surface area contributed by atoms with Crippen molar-refractivity contribution in [2.24, 2.45) is 5.73 Å². The molecular weight excluding hydrogens is 447 g/mol. The van der Waals surface area contributed by atoms with Crippen molar-refractivity contribution in [3.63, 3.8) is 0 Å². The highest BCUT2D eigenvalue weighted by Gasteiger charge is 2.40. The lowest BCUT2D eigenvalue weighted by molar-refractivity contribution is -0.122. The second-order valence-corrected chi connectivity index (χ2v) is 7.18. The van der Waals surface area contributed by atoms with Crippen LogP contribution in [0.3, 0.4) is 0 Å². The number of alkyl halides is 1. The first-order chi connectivity index (χ1) is 12.9. The standard InChI is InChI=1S/C22H30N2O.CH3I/c1-17(2)24(18(3)4)16-15-22(21(23)25,19-11-7-5-8-12-19)20-13-9-6-10-14-20;1-2/h5-14,17-18H,15-16H2,1-4H3,(H2,23,25);1H3. The van der Waals surface area contributed by atoms with E-state index < -0.39 is 5.41 Å². The lowest BCUT2D eigenvalue weighted by atomic mass is 9.71. The monoisotopic (exact) mass is 480 g/mol. The summed E-state index contributed by atoms with van der Waals surface area (Å²) in [4.78, 5) is 17.2. The van der Waals surface area contributed by atoms with E-state index >= 15 is 0 Å². The maximum atomic E-state index is 12.8. The Kier molecular flexibility index (Phi) is 10.0. The molecule has 0 aliphatic rings. The molecule has 0 saturated carbocycles. The van der Waals surface area contributed by atoms with Crippen molar-refractivity contribution < 1.29 is 4.79 Å². The molecule has 0 heterocycles. The molecular formula is C23H33IN2O. The average molecular weight is 480 g/mol. The van der Waals surface area contributed by atoms with Gasteiger partial charge in [0.25, 0.3) is 0 Å². The van der Waals surface area contributed by atoms with Gasteiger partial charge in [0.2, 0.25) is 5.91 Å². The van der Waals surface area contributed by atoms with E-state index in [0.717, 1.165) is 17.7 Å². The van der Waals surface area contributed by atoms with Gasteiger partial charge in [-0.3, -0.25) is 9.69 Å². The predicted molar refractivity (Wildman–Crippen MR) is 124 cm³/mol. The summed E-state index contributed by atoms with van der Waals surface area (Å²) in [5, 5.41) is 0. The third-order valence-corrected chi connectivity index (χ3v) is 5.03. The smallest absolute Gasteiger partial charge is 0.232 e. The minimum Gasteiger partial charge on any atom is -0.369 e. The normalized spacial score (nSPS) is 11.4. The molecule has 0 fully saturated rings. The third-order valence-electron chi connectivity index (χ3n) is 5.03. The number of hydrogen-bond acceptors (Lipinski definition) is 2. The third kappa shape index (κ3) is 5.79. The van der Waals surface area contributed by atoms with Gasteiger partial charge in [-0.05, 0) is 50.2 Å². The van der Waals surface area contributed by atoms with Crippen LogP contribution in [0.4, 0.5) is 0 Å². The van der Waals surface area contributed by atoms with E-state index in [1.165, 1.54) is 0 Å². The molecule has 4 heteroatoms. The van der Waals surface area contributed by atoms with Crippen molar-refractivity contribution in [3.05, 3.63) is 71.8 Å². The fraction of sp³-hybridized carbons (Fsp3) is 0.435. The van der Waals surface area contributed by atoms with Gasteiger partial charge in [-0.15, -0.1) is 0 Å². The molecule has 148 valence electrons. The summed E-state index contributed by atoms with van der Waals surface area (Å²) in [5.41, 5.74) is 7.12. The Bertz CT molecular complexity index is 624. The molecule has 1 amide bonds. The van der Waals surface area contributed by atoms with Crippen LogP contribution in [0.25, 0.3) is 0 Å². The summed E-state index contributed by atoms with van der Waals surface area (Å²) in [5.74, 6) is -0.294. The quantitative estimate of drug-likeness (QED) is 0.426. The van der Waals surface area contributed by atoms with E-state index in [1.54, 1.807) is 0 Å². The highest BCUT2D eigenvalue weighted by Crippen LogP contribution is 2.36. The van der Waals surface area contributed by atoms with Crippen LogP contribution in [0.2, 0.25) is 0 Å². The number of nitrogens with zero attached hydrogens (tertiary/aromatic N) is 1. The first-order valence-electron chi connectivity index (χ1n) is 9.44. The Balaban J connectivity index is 0.00000176. The highest BCUT2D eigenvalue weighted by atomic mass is 127. The minimum absolute atomic E-state index is 0.294. The second-order valence-electron chi connectivity index (χ2n) is 7.18. The van der Waals surface area contributed by atoms with E-state index in [2.05, 4.69) is 55.2 Å². The molecule has 0 spiro atoms. The van der Waals surface area contributed by atoms with Crippen LogP contribution in [0.1, 0.15) is 45.2 Å². The first-order valence-corrected chi connectivity index (χ1v) is 11.6. The number of hydrogen-bond donors (Lipinski definition) is 1. The van der Waals surface area contributed by atoms with Crippen LogP contribution < -0.4 is 5.73 Å². The maximum Gasteiger partial charge on any atom is 0.232 e. The Morgan fingerprint density at radius 2 is 1.26 bits per heavy atom. The van der Waals surface area contributed by atoms with Gasteiger partial charge >= 0.3 is 0 Å². The molecule has 0 atom stereocenters. The highest BCUT2D eigenvalue weighted by molar-refractivity contribution is 14.1. The summed E-state index contributed by atoms with van der Waals surface area (Å²) in [6.07, 6.45) is 0.659. The van der Waals surface area contributed by atoms with Gasteiger partial charge in [0, 0.05) is 18.6 Å². The summed E-state index contributed by atoms with van der Waals surface area (Å²) in [7, 11) is 0. The topological polar surface area (TPSA) is 46.3 Å². The number of primary amides is 1. The Morgan fingerprint density at radius 1 is 0.889 bits per heavy atom. The second kappa shape index (κ2) is 11.4. The Morgan fingerprint density at radius 3 is 1.56 bits per heavy atom. The number of nitrogens with two attached hydrogens (primary N) is 1. The molecule has 0 radical (unpaired) electrons. The van der Waals surface area contributed by atoms with Crippen molar-refractivity contribution in [2.75, 3.05) is 11.5 Å². The zero-order valence-electron chi connectivity index (χ0n) is 17.2. The summed E-state index contributed by atoms with van der Waals surface area (Å²) in [6.45, 7) is 9.57. The van der Waals surface area contributed by atoms with Gasteiger partial charge < -0.3 is 5.73 Å². The zero-order chi connectivity index (χ0) is 20.4. The van der Waals surface area contributed by atoms with Crippen LogP contribution in [-0.2, 0) is 10.2 Å². The minimum atomic E-state index is -0.815. The van der Waals surface area contributed by atoms with Crippen LogP contribution in [-0.4, -0.2) is 34.4 Å². The summed E-state index contributed by atoms with van der Waals surface area (Å²) < 4.78 is 0. The number of benzene rings is 2. The zero-order valence-corrected chi connectivity index (χ0v) is 19.3. The van der Waals surface area contributed by atoms with Gasteiger partial charge in [-0.2, -0.15) is 0 Å². The van der Waals surface area contributed by atoms with Crippen LogP contribution in [0.5, 0.6) is 0 Å². The van der Waals surface area contributed by atoms with Gasteiger partial charge in [0.1, 0.15) is 0 Å². The molecule has 0 saturated heterocycles. The summed E-state index contributed by atoms with van der Waals surface area (Å²) >= 11 is 2.15. The van der Waals surface area contributed by atoms with E-state index in [-0.39, 0.29) is 5.91 Å². The maximum absolute atomic E-state index is 12.8. The van der Waals surface area contributed by atoms with Crippen LogP contribution >= 0.6 is 22.6 Å². The van der Waals surface area contributed by atoms with Gasteiger partial charge in [0.05, 0.1) is 5.41 Å². The molecule has 27 heavy (non-hydrogen) atoms. The molecule has 2 N–H and O–H groups in total. The van der Waals surface area contributed by atoms with Crippen molar-refractivity contribution in [2.45, 2.75) is 51.6 Å². The van der Waals surface area contributed by atoms with E-state index in [0.29, 0.717) is 18.5 Å². The predicted octanol–water partition coefficient (Wildman–Crippen LogP) is 5.02. The molecule has 0 unspecified atom stereocenters. The SMILES string of the molecule is CC(C)N(CCC(C(N)=O)(c1ccccc1)c1ccccc1)C(C)C.CI.